The number of aliphatic hydroxyl groups is 2. The number of nitrogens with one attached hydrogen (secondary N) is 1. The molecule has 2 aromatic heterocycles. The standard InChI is InChI=1S/C25H29FN8O4/c1-25(2,3)34-11-17(10-30-34)31-24-29-14-28-22(32-24)15-4-5-20(16(8-15)9-27)38-21-6-7-33(12-18(21)26)23(37)19(36)13-35/h4-5,8,10-11,14,18-19,21,35-36H,6-7,12-13H2,1-3H3,(H,28,29,31,32)/t18-,19-,21-/m0/s1. The van der Waals surface area contributed by atoms with E-state index in [-0.39, 0.29) is 36.4 Å². The summed E-state index contributed by atoms with van der Waals surface area (Å²) in [4.78, 5) is 26.0. The first kappa shape index (κ1) is 26.9. The van der Waals surface area contributed by atoms with Crippen molar-refractivity contribution in [2.45, 2.75) is 51.1 Å². The summed E-state index contributed by atoms with van der Waals surface area (Å²) in [5.41, 5.74) is 1.24. The molecule has 1 aliphatic heterocycles. The molecule has 4 rings (SSSR count). The smallest absolute Gasteiger partial charge is 0.253 e. The lowest BCUT2D eigenvalue weighted by molar-refractivity contribution is -0.146. The lowest BCUT2D eigenvalue weighted by Crippen LogP contribution is -2.52. The van der Waals surface area contributed by atoms with Gasteiger partial charge in [0, 0.05) is 24.7 Å². The summed E-state index contributed by atoms with van der Waals surface area (Å²) in [5, 5.41) is 35.6. The molecule has 3 heterocycles. The van der Waals surface area contributed by atoms with Crippen LogP contribution in [0.2, 0.25) is 0 Å². The van der Waals surface area contributed by atoms with Gasteiger partial charge in [-0.3, -0.25) is 9.48 Å². The molecule has 200 valence electrons. The van der Waals surface area contributed by atoms with Gasteiger partial charge in [0.1, 0.15) is 24.3 Å². The van der Waals surface area contributed by atoms with Gasteiger partial charge in [-0.15, -0.1) is 0 Å². The Morgan fingerprint density at radius 3 is 2.82 bits per heavy atom. The molecule has 0 spiro atoms. The molecule has 1 amide bonds. The molecule has 3 N–H and O–H groups in total. The number of halogens is 1. The normalized spacial score (nSPS) is 18.5. The fraction of sp³-hybridized carbons (Fsp3) is 0.440. The first-order valence-corrected chi connectivity index (χ1v) is 12.0. The van der Waals surface area contributed by atoms with Gasteiger partial charge < -0.3 is 25.2 Å². The van der Waals surface area contributed by atoms with E-state index >= 15 is 0 Å². The Bertz CT molecular complexity index is 1340. The zero-order chi connectivity index (χ0) is 27.4. The fourth-order valence-electron chi connectivity index (χ4n) is 3.91. The molecular weight excluding hydrogens is 495 g/mol. The monoisotopic (exact) mass is 524 g/mol. The second-order valence-corrected chi connectivity index (χ2v) is 9.87. The topological polar surface area (TPSA) is 162 Å². The molecule has 0 unspecified atom stereocenters. The summed E-state index contributed by atoms with van der Waals surface area (Å²) in [5.74, 6) is 0.0903. The van der Waals surface area contributed by atoms with E-state index in [1.807, 2.05) is 31.6 Å². The van der Waals surface area contributed by atoms with Crippen molar-refractivity contribution in [3.05, 3.63) is 42.5 Å². The number of carbonyl (C=O) groups excluding carboxylic acids is 1. The maximum Gasteiger partial charge on any atom is 0.253 e. The highest BCUT2D eigenvalue weighted by atomic mass is 19.1. The summed E-state index contributed by atoms with van der Waals surface area (Å²) in [6.07, 6.45) is 1.02. The van der Waals surface area contributed by atoms with Crippen LogP contribution in [0.4, 0.5) is 16.0 Å². The molecule has 3 atom stereocenters. The molecule has 1 saturated heterocycles. The molecule has 0 saturated carbocycles. The van der Waals surface area contributed by atoms with E-state index in [1.54, 1.807) is 24.4 Å². The average Bonchev–Trinajstić information content (AvgIpc) is 3.38. The number of aromatic nitrogens is 5. The summed E-state index contributed by atoms with van der Waals surface area (Å²) in [7, 11) is 0. The Labute approximate surface area is 218 Å². The van der Waals surface area contributed by atoms with Crippen molar-refractivity contribution in [1.82, 2.24) is 29.6 Å². The molecular formula is C25H29FN8O4. The Morgan fingerprint density at radius 1 is 1.37 bits per heavy atom. The van der Waals surface area contributed by atoms with E-state index in [4.69, 9.17) is 9.84 Å². The highest BCUT2D eigenvalue weighted by Gasteiger charge is 2.35. The minimum absolute atomic E-state index is 0.149. The Balaban J connectivity index is 1.46. The summed E-state index contributed by atoms with van der Waals surface area (Å²) < 4.78 is 22.4. The van der Waals surface area contributed by atoms with Gasteiger partial charge in [-0.1, -0.05) is 0 Å². The van der Waals surface area contributed by atoms with Gasteiger partial charge in [-0.2, -0.15) is 15.3 Å². The van der Waals surface area contributed by atoms with E-state index in [0.29, 0.717) is 23.0 Å². The third kappa shape index (κ3) is 6.04. The van der Waals surface area contributed by atoms with E-state index < -0.39 is 30.9 Å². The second-order valence-electron chi connectivity index (χ2n) is 9.87. The number of amides is 1. The number of nitrogens with zero attached hydrogens (tertiary/aromatic N) is 7. The predicted molar refractivity (Wildman–Crippen MR) is 134 cm³/mol. The van der Waals surface area contributed by atoms with E-state index in [2.05, 4.69) is 31.4 Å². The minimum atomic E-state index is -1.58. The van der Waals surface area contributed by atoms with Crippen molar-refractivity contribution in [2.75, 3.05) is 25.0 Å². The van der Waals surface area contributed by atoms with Crippen molar-refractivity contribution in [3.8, 4) is 23.2 Å². The molecule has 3 aromatic rings. The van der Waals surface area contributed by atoms with Gasteiger partial charge in [-0.05, 0) is 39.0 Å². The summed E-state index contributed by atoms with van der Waals surface area (Å²) >= 11 is 0. The van der Waals surface area contributed by atoms with Crippen molar-refractivity contribution in [3.63, 3.8) is 0 Å². The van der Waals surface area contributed by atoms with E-state index in [0.717, 1.165) is 4.90 Å². The number of alkyl halides is 1. The number of likely N-dealkylation sites (tertiary alicyclic amines) is 1. The van der Waals surface area contributed by atoms with Crippen LogP contribution >= 0.6 is 0 Å². The van der Waals surface area contributed by atoms with E-state index in [1.165, 1.54) is 6.33 Å². The number of nitriles is 1. The first-order valence-electron chi connectivity index (χ1n) is 12.0. The maximum atomic E-state index is 14.8. The molecule has 12 nitrogen and oxygen atoms in total. The Hall–Kier alpha value is -4.15. The van der Waals surface area contributed by atoms with Crippen LogP contribution in [0.25, 0.3) is 11.4 Å². The molecule has 1 fully saturated rings. The van der Waals surface area contributed by atoms with Crippen molar-refractivity contribution in [2.24, 2.45) is 0 Å². The molecule has 38 heavy (non-hydrogen) atoms. The van der Waals surface area contributed by atoms with Crippen LogP contribution in [0, 0.1) is 11.3 Å². The number of hydrogen-bond donors (Lipinski definition) is 3. The van der Waals surface area contributed by atoms with E-state index in [9.17, 15) is 19.6 Å². The third-order valence-electron chi connectivity index (χ3n) is 5.99. The number of aliphatic hydroxyl groups excluding tert-OH is 2. The number of piperidine rings is 1. The number of carbonyl (C=O) groups is 1. The van der Waals surface area contributed by atoms with Crippen LogP contribution in [-0.4, -0.2) is 83.8 Å². The summed E-state index contributed by atoms with van der Waals surface area (Å²) in [6.45, 7) is 5.24. The van der Waals surface area contributed by atoms with Gasteiger partial charge in [0.25, 0.3) is 5.91 Å². The van der Waals surface area contributed by atoms with Crippen LogP contribution in [0.1, 0.15) is 32.8 Å². The van der Waals surface area contributed by atoms with Crippen LogP contribution in [0.15, 0.2) is 36.9 Å². The number of rotatable bonds is 7. The molecule has 0 bridgehead atoms. The SMILES string of the molecule is CC(C)(C)n1cc(Nc2ncnc(-c3ccc(O[C@H]4CCN(C(=O)[C@@H](O)CO)C[C@@H]4F)c(C#N)c3)n2)cn1. The lowest BCUT2D eigenvalue weighted by atomic mass is 10.0. The predicted octanol–water partition coefficient (Wildman–Crippen LogP) is 1.78. The van der Waals surface area contributed by atoms with Gasteiger partial charge >= 0.3 is 0 Å². The highest BCUT2D eigenvalue weighted by molar-refractivity contribution is 5.81. The van der Waals surface area contributed by atoms with Gasteiger partial charge in [0.15, 0.2) is 18.1 Å². The van der Waals surface area contributed by atoms with Crippen LogP contribution in [0.5, 0.6) is 5.75 Å². The number of anilines is 2. The molecule has 1 aromatic carbocycles. The van der Waals surface area contributed by atoms with Crippen LogP contribution in [-0.2, 0) is 10.3 Å². The van der Waals surface area contributed by atoms with Gasteiger partial charge in [0.2, 0.25) is 5.95 Å². The van der Waals surface area contributed by atoms with Crippen molar-refractivity contribution in [1.29, 1.82) is 5.26 Å². The Kier molecular flexibility index (Phi) is 7.84. The van der Waals surface area contributed by atoms with Crippen LogP contribution < -0.4 is 10.1 Å². The number of ether oxygens (including phenoxy) is 1. The van der Waals surface area contributed by atoms with Crippen LogP contribution in [0.3, 0.4) is 0 Å². The zero-order valence-corrected chi connectivity index (χ0v) is 21.2. The largest absolute Gasteiger partial charge is 0.486 e. The molecule has 0 radical (unpaired) electrons. The summed E-state index contributed by atoms with van der Waals surface area (Å²) in [6, 6.07) is 6.83. The lowest BCUT2D eigenvalue weighted by Gasteiger charge is -2.35. The highest BCUT2D eigenvalue weighted by Crippen LogP contribution is 2.28. The van der Waals surface area contributed by atoms with Gasteiger partial charge in [0.05, 0.1) is 36.1 Å². The molecule has 1 aliphatic rings. The number of hydrogen-bond acceptors (Lipinski definition) is 10. The minimum Gasteiger partial charge on any atom is -0.486 e. The van der Waals surface area contributed by atoms with Crippen molar-refractivity contribution < 1.29 is 24.1 Å². The third-order valence-corrected chi connectivity index (χ3v) is 5.99. The fourth-order valence-corrected chi connectivity index (χ4v) is 3.91. The molecule has 0 aliphatic carbocycles. The quantitative estimate of drug-likeness (QED) is 0.415. The second kappa shape index (κ2) is 11.1. The zero-order valence-electron chi connectivity index (χ0n) is 21.2. The maximum absolute atomic E-state index is 14.8. The number of benzene rings is 1. The first-order chi connectivity index (χ1) is 18.1. The Morgan fingerprint density at radius 2 is 2.16 bits per heavy atom. The average molecular weight is 525 g/mol. The van der Waals surface area contributed by atoms with Crippen molar-refractivity contribution >= 4 is 17.5 Å². The molecule has 13 heteroatoms. The van der Waals surface area contributed by atoms with Gasteiger partial charge in [-0.25, -0.2) is 14.4 Å².